The molecule has 0 spiro atoms. The molecule has 0 atom stereocenters. The van der Waals surface area contributed by atoms with E-state index in [2.05, 4.69) is 0 Å². The van der Waals surface area contributed by atoms with Crippen LogP contribution in [0.15, 0.2) is 18.2 Å². The molecule has 2 N–H and O–H groups in total. The maximum absolute atomic E-state index is 11.5. The average molecular weight is 280 g/mol. The summed E-state index contributed by atoms with van der Waals surface area (Å²) in [6, 6.07) is 5.72. The molecule has 1 aromatic rings. The molecule has 0 radical (unpaired) electrons. The van der Waals surface area contributed by atoms with Gasteiger partial charge in [0, 0.05) is 26.6 Å². The highest BCUT2D eigenvalue weighted by molar-refractivity contribution is 5.75. The van der Waals surface area contributed by atoms with Crippen LogP contribution in [0.4, 0.5) is 0 Å². The molecule has 0 unspecified atom stereocenters. The first-order valence-electron chi connectivity index (χ1n) is 6.78. The summed E-state index contributed by atoms with van der Waals surface area (Å²) in [5.74, 6) is 1.65. The molecule has 0 bridgehead atoms. The highest BCUT2D eigenvalue weighted by Crippen LogP contribution is 2.25. The number of hydrogen-bond donors (Lipinski definition) is 1. The molecule has 0 aromatic heterocycles. The van der Waals surface area contributed by atoms with Gasteiger partial charge in [0.05, 0.1) is 13.7 Å². The summed E-state index contributed by atoms with van der Waals surface area (Å²) in [5.41, 5.74) is 6.65. The van der Waals surface area contributed by atoms with Crippen LogP contribution in [0.2, 0.25) is 0 Å². The number of methoxy groups -OCH3 is 1. The third-order valence-electron chi connectivity index (χ3n) is 2.98. The minimum absolute atomic E-state index is 0.112. The van der Waals surface area contributed by atoms with Gasteiger partial charge in [0.2, 0.25) is 5.91 Å². The summed E-state index contributed by atoms with van der Waals surface area (Å²) in [6.45, 7) is 1.08. The Hall–Kier alpha value is -1.75. The van der Waals surface area contributed by atoms with Gasteiger partial charge in [-0.15, -0.1) is 0 Å². The Balaban J connectivity index is 2.54. The lowest BCUT2D eigenvalue weighted by atomic mass is 10.1. The Kier molecular flexibility index (Phi) is 6.87. The van der Waals surface area contributed by atoms with E-state index < -0.39 is 0 Å². The minimum atomic E-state index is 0.112. The van der Waals surface area contributed by atoms with E-state index in [-0.39, 0.29) is 5.91 Å². The van der Waals surface area contributed by atoms with Gasteiger partial charge in [-0.1, -0.05) is 6.07 Å². The van der Waals surface area contributed by atoms with Crippen molar-refractivity contribution in [3.63, 3.8) is 0 Å². The van der Waals surface area contributed by atoms with Crippen molar-refractivity contribution >= 4 is 5.91 Å². The topological polar surface area (TPSA) is 64.8 Å². The fourth-order valence-corrected chi connectivity index (χ4v) is 1.79. The number of amides is 1. The number of carbonyl (C=O) groups is 1. The molecule has 112 valence electrons. The van der Waals surface area contributed by atoms with Crippen LogP contribution in [-0.4, -0.2) is 45.2 Å². The van der Waals surface area contributed by atoms with Crippen LogP contribution in [0.5, 0.6) is 11.5 Å². The van der Waals surface area contributed by atoms with Gasteiger partial charge in [-0.2, -0.15) is 0 Å². The summed E-state index contributed by atoms with van der Waals surface area (Å²) in [4.78, 5) is 13.0. The Morgan fingerprint density at radius 2 is 2.10 bits per heavy atom. The number of ether oxygens (including phenoxy) is 2. The van der Waals surface area contributed by atoms with E-state index in [1.54, 1.807) is 26.1 Å². The van der Waals surface area contributed by atoms with Crippen LogP contribution >= 0.6 is 0 Å². The van der Waals surface area contributed by atoms with Crippen LogP contribution in [0.25, 0.3) is 0 Å². The van der Waals surface area contributed by atoms with Gasteiger partial charge in [-0.3, -0.25) is 4.79 Å². The molecule has 20 heavy (non-hydrogen) atoms. The van der Waals surface area contributed by atoms with Crippen LogP contribution < -0.4 is 15.2 Å². The summed E-state index contributed by atoms with van der Waals surface area (Å²) < 4.78 is 10.9. The summed E-state index contributed by atoms with van der Waals surface area (Å²) >= 11 is 0. The predicted molar refractivity (Wildman–Crippen MR) is 79.2 cm³/mol. The molecule has 1 rings (SSSR count). The van der Waals surface area contributed by atoms with Gasteiger partial charge < -0.3 is 20.1 Å². The molecule has 1 amide bonds. The number of nitrogens with zero attached hydrogens (tertiary/aromatic N) is 1. The van der Waals surface area contributed by atoms with Gasteiger partial charge in [0.1, 0.15) is 11.5 Å². The molecule has 0 saturated carbocycles. The lowest BCUT2D eigenvalue weighted by molar-refractivity contribution is -0.128. The highest BCUT2D eigenvalue weighted by Gasteiger charge is 2.07. The average Bonchev–Trinajstić information content (AvgIpc) is 2.44. The zero-order valence-corrected chi connectivity index (χ0v) is 12.5. The summed E-state index contributed by atoms with van der Waals surface area (Å²) in [7, 11) is 5.13. The fourth-order valence-electron chi connectivity index (χ4n) is 1.79. The zero-order valence-electron chi connectivity index (χ0n) is 12.5. The predicted octanol–water partition coefficient (Wildman–Crippen LogP) is 1.44. The lowest BCUT2D eigenvalue weighted by Gasteiger charge is -2.13. The van der Waals surface area contributed by atoms with E-state index in [0.29, 0.717) is 26.0 Å². The number of carbonyl (C=O) groups excluding carboxylic acids is 1. The smallest absolute Gasteiger partial charge is 0.222 e. The van der Waals surface area contributed by atoms with Crippen LogP contribution in [0, 0.1) is 0 Å². The Morgan fingerprint density at radius 1 is 1.35 bits per heavy atom. The minimum Gasteiger partial charge on any atom is -0.497 e. The van der Waals surface area contributed by atoms with E-state index in [4.69, 9.17) is 15.2 Å². The fraction of sp³-hybridized carbons (Fsp3) is 0.533. The molecule has 0 aliphatic rings. The number of rotatable bonds is 8. The second-order valence-corrected chi connectivity index (χ2v) is 4.75. The van der Waals surface area contributed by atoms with Crippen molar-refractivity contribution in [1.29, 1.82) is 0 Å². The third kappa shape index (κ3) is 5.09. The molecule has 0 saturated heterocycles. The Bertz CT molecular complexity index is 433. The number of nitrogens with two attached hydrogens (primary N) is 1. The zero-order chi connectivity index (χ0) is 15.0. The van der Waals surface area contributed by atoms with Crippen molar-refractivity contribution in [3.05, 3.63) is 23.8 Å². The first-order valence-corrected chi connectivity index (χ1v) is 6.78. The largest absolute Gasteiger partial charge is 0.497 e. The first-order chi connectivity index (χ1) is 9.58. The van der Waals surface area contributed by atoms with Gasteiger partial charge in [0.25, 0.3) is 0 Å². The van der Waals surface area contributed by atoms with Gasteiger partial charge in [-0.25, -0.2) is 0 Å². The van der Waals surface area contributed by atoms with Gasteiger partial charge >= 0.3 is 0 Å². The standard InChI is InChI=1S/C15H24N2O3/c1-17(2)15(18)5-4-10-20-14-11-13(19-3)7-6-12(14)8-9-16/h6-7,11H,4-5,8-10,16H2,1-3H3. The SMILES string of the molecule is COc1ccc(CCN)c(OCCCC(=O)N(C)C)c1. The maximum atomic E-state index is 11.5. The molecule has 0 aliphatic carbocycles. The Labute approximate surface area is 120 Å². The summed E-state index contributed by atoms with van der Waals surface area (Å²) in [5, 5.41) is 0. The highest BCUT2D eigenvalue weighted by atomic mass is 16.5. The normalized spacial score (nSPS) is 10.2. The van der Waals surface area contributed by atoms with Crippen molar-refractivity contribution in [2.75, 3.05) is 34.4 Å². The number of hydrogen-bond acceptors (Lipinski definition) is 4. The second-order valence-electron chi connectivity index (χ2n) is 4.75. The molecule has 5 heteroatoms. The van der Waals surface area contributed by atoms with Crippen molar-refractivity contribution in [3.8, 4) is 11.5 Å². The third-order valence-corrected chi connectivity index (χ3v) is 2.98. The van der Waals surface area contributed by atoms with E-state index in [1.165, 1.54) is 0 Å². The van der Waals surface area contributed by atoms with E-state index >= 15 is 0 Å². The van der Waals surface area contributed by atoms with Crippen LogP contribution in [0.1, 0.15) is 18.4 Å². The maximum Gasteiger partial charge on any atom is 0.222 e. The molecule has 0 aliphatic heterocycles. The molecule has 0 fully saturated rings. The first kappa shape index (κ1) is 16.3. The van der Waals surface area contributed by atoms with Crippen LogP contribution in [-0.2, 0) is 11.2 Å². The van der Waals surface area contributed by atoms with Crippen molar-refractivity contribution < 1.29 is 14.3 Å². The number of benzene rings is 1. The lowest BCUT2D eigenvalue weighted by Crippen LogP contribution is -2.21. The molecular weight excluding hydrogens is 256 g/mol. The van der Waals surface area contributed by atoms with Crippen LogP contribution in [0.3, 0.4) is 0 Å². The molecule has 5 nitrogen and oxygen atoms in total. The summed E-state index contributed by atoms with van der Waals surface area (Å²) in [6.07, 6.45) is 1.94. The van der Waals surface area contributed by atoms with Gasteiger partial charge in [-0.05, 0) is 31.0 Å². The van der Waals surface area contributed by atoms with E-state index in [9.17, 15) is 4.79 Å². The van der Waals surface area contributed by atoms with E-state index in [0.717, 1.165) is 23.5 Å². The van der Waals surface area contributed by atoms with Gasteiger partial charge in [0.15, 0.2) is 0 Å². The molecule has 0 heterocycles. The molecular formula is C15H24N2O3. The monoisotopic (exact) mass is 280 g/mol. The second kappa shape index (κ2) is 8.43. The van der Waals surface area contributed by atoms with Crippen molar-refractivity contribution in [2.45, 2.75) is 19.3 Å². The van der Waals surface area contributed by atoms with Crippen molar-refractivity contribution in [2.24, 2.45) is 5.73 Å². The Morgan fingerprint density at radius 3 is 2.70 bits per heavy atom. The van der Waals surface area contributed by atoms with Crippen molar-refractivity contribution in [1.82, 2.24) is 4.90 Å². The quantitative estimate of drug-likeness (QED) is 0.732. The molecule has 1 aromatic carbocycles. The van der Waals surface area contributed by atoms with E-state index in [1.807, 2.05) is 18.2 Å².